The number of anilines is 7. The van der Waals surface area contributed by atoms with Crippen LogP contribution >= 0.6 is 0 Å². The molecule has 5 rings (SSSR count). The van der Waals surface area contributed by atoms with Crippen LogP contribution < -0.4 is 20.9 Å². The van der Waals surface area contributed by atoms with Gasteiger partial charge in [0.15, 0.2) is 5.82 Å². The first-order valence-corrected chi connectivity index (χ1v) is 10.1. The van der Waals surface area contributed by atoms with Gasteiger partial charge in [0.2, 0.25) is 5.95 Å². The summed E-state index contributed by atoms with van der Waals surface area (Å²) in [5, 5.41) is 10.3. The van der Waals surface area contributed by atoms with E-state index in [0.717, 1.165) is 39.9 Å². The lowest BCUT2D eigenvalue weighted by atomic mass is 10.2. The molecule has 0 fully saturated rings. The molecule has 0 unspecified atom stereocenters. The number of nitrogens with zero attached hydrogens (tertiary/aromatic N) is 3. The lowest BCUT2D eigenvalue weighted by Crippen LogP contribution is -2.27. The van der Waals surface area contributed by atoms with Crippen LogP contribution in [0.4, 0.5) is 40.2 Å². The Morgan fingerprint density at radius 2 is 1.52 bits per heavy atom. The normalized spacial score (nSPS) is 12.4. The van der Waals surface area contributed by atoms with Crippen molar-refractivity contribution in [3.63, 3.8) is 0 Å². The van der Waals surface area contributed by atoms with E-state index in [1.807, 2.05) is 6.92 Å². The number of hydrogen-bond acceptors (Lipinski definition) is 6. The van der Waals surface area contributed by atoms with E-state index < -0.39 is 0 Å². The molecule has 0 atom stereocenters. The van der Waals surface area contributed by atoms with Gasteiger partial charge in [-0.2, -0.15) is 4.98 Å². The number of benzene rings is 2. The van der Waals surface area contributed by atoms with Crippen molar-refractivity contribution < 1.29 is 0 Å². The molecular weight excluding hydrogens is 360 g/mol. The van der Waals surface area contributed by atoms with Crippen molar-refractivity contribution in [3.8, 4) is 0 Å². The van der Waals surface area contributed by atoms with Crippen LogP contribution in [0.3, 0.4) is 0 Å². The standard InChI is InChI=1S/C23H28N6/c1-14(2)24-17-6-8-18(9-7-17)26-21-16(5)25-23-27-19-10-12-20(13-11-19)29(15(3)4)22(21)28-23/h6-15,24,26H,1-5H3,(H,25,27,28). The van der Waals surface area contributed by atoms with Crippen molar-refractivity contribution in [1.82, 2.24) is 9.97 Å². The zero-order valence-corrected chi connectivity index (χ0v) is 17.6. The van der Waals surface area contributed by atoms with Crippen LogP contribution in [0.2, 0.25) is 0 Å². The van der Waals surface area contributed by atoms with Crippen LogP contribution in [0.25, 0.3) is 0 Å². The number of nitrogens with one attached hydrogen (secondary N) is 3. The smallest absolute Gasteiger partial charge is 0.229 e. The Hall–Kier alpha value is -3.28. The van der Waals surface area contributed by atoms with Gasteiger partial charge in [0.25, 0.3) is 0 Å². The number of aryl methyl sites for hydroxylation is 1. The summed E-state index contributed by atoms with van der Waals surface area (Å²) in [6.07, 6.45) is 0. The molecule has 1 aromatic heterocycles. The van der Waals surface area contributed by atoms with Gasteiger partial charge in [0.1, 0.15) is 5.69 Å². The summed E-state index contributed by atoms with van der Waals surface area (Å²) in [6, 6.07) is 17.3. The summed E-state index contributed by atoms with van der Waals surface area (Å²) < 4.78 is 0. The summed E-state index contributed by atoms with van der Waals surface area (Å²) in [7, 11) is 0. The van der Waals surface area contributed by atoms with Crippen molar-refractivity contribution in [1.29, 1.82) is 0 Å². The molecule has 0 spiro atoms. The van der Waals surface area contributed by atoms with Crippen LogP contribution in [0.5, 0.6) is 0 Å². The van der Waals surface area contributed by atoms with Crippen molar-refractivity contribution in [2.45, 2.75) is 46.7 Å². The highest BCUT2D eigenvalue weighted by Gasteiger charge is 2.23. The minimum atomic E-state index is 0.235. The molecule has 3 heterocycles. The second-order valence-electron chi connectivity index (χ2n) is 7.97. The molecule has 0 saturated carbocycles. The fourth-order valence-corrected chi connectivity index (χ4v) is 3.56. The molecule has 3 aromatic rings. The highest BCUT2D eigenvalue weighted by atomic mass is 15.3. The highest BCUT2D eigenvalue weighted by Crippen LogP contribution is 2.38. The zero-order valence-electron chi connectivity index (χ0n) is 17.6. The number of fused-ring (bicyclic) bond motifs is 2. The van der Waals surface area contributed by atoms with Crippen LogP contribution in [-0.4, -0.2) is 22.1 Å². The molecule has 0 radical (unpaired) electrons. The van der Waals surface area contributed by atoms with E-state index in [4.69, 9.17) is 4.98 Å². The Kier molecular flexibility index (Phi) is 5.01. The van der Waals surface area contributed by atoms with E-state index in [-0.39, 0.29) is 6.04 Å². The minimum Gasteiger partial charge on any atom is -0.383 e. The predicted octanol–water partition coefficient (Wildman–Crippen LogP) is 5.95. The zero-order chi connectivity index (χ0) is 20.5. The van der Waals surface area contributed by atoms with E-state index in [1.54, 1.807) is 0 Å². The molecule has 6 heteroatoms. The van der Waals surface area contributed by atoms with E-state index in [1.165, 1.54) is 0 Å². The first-order valence-electron chi connectivity index (χ1n) is 10.1. The van der Waals surface area contributed by atoms with Crippen molar-refractivity contribution in [2.75, 3.05) is 20.9 Å². The van der Waals surface area contributed by atoms with Crippen molar-refractivity contribution in [2.24, 2.45) is 0 Å². The largest absolute Gasteiger partial charge is 0.383 e. The third kappa shape index (κ3) is 3.97. The topological polar surface area (TPSA) is 65.1 Å². The van der Waals surface area contributed by atoms with E-state index in [0.29, 0.717) is 12.0 Å². The molecule has 4 bridgehead atoms. The maximum atomic E-state index is 4.86. The first-order chi connectivity index (χ1) is 13.9. The Labute approximate surface area is 172 Å². The van der Waals surface area contributed by atoms with E-state index >= 15 is 0 Å². The molecule has 6 nitrogen and oxygen atoms in total. The summed E-state index contributed by atoms with van der Waals surface area (Å²) in [4.78, 5) is 11.8. The third-order valence-electron chi connectivity index (χ3n) is 4.83. The lowest BCUT2D eigenvalue weighted by molar-refractivity contribution is 0.777. The Balaban J connectivity index is 1.75. The average Bonchev–Trinajstić information content (AvgIpc) is 2.76. The van der Waals surface area contributed by atoms with Gasteiger partial charge in [-0.3, -0.25) is 0 Å². The SMILES string of the molecule is Cc1nc2nc(c1Nc1ccc(NC(C)C)cc1)N(C(C)C)c1ccc(cc1)N2. The maximum absolute atomic E-state index is 4.86. The predicted molar refractivity (Wildman–Crippen MR) is 122 cm³/mol. The molecule has 0 amide bonds. The summed E-state index contributed by atoms with van der Waals surface area (Å²) in [6.45, 7) is 10.6. The highest BCUT2D eigenvalue weighted by molar-refractivity contribution is 5.81. The van der Waals surface area contributed by atoms with Gasteiger partial charge in [-0.1, -0.05) is 0 Å². The summed E-state index contributed by atoms with van der Waals surface area (Å²) >= 11 is 0. The van der Waals surface area contributed by atoms with Crippen LogP contribution in [0.1, 0.15) is 33.4 Å². The fourth-order valence-electron chi connectivity index (χ4n) is 3.56. The second kappa shape index (κ2) is 7.62. The van der Waals surface area contributed by atoms with Gasteiger partial charge in [-0.25, -0.2) is 4.98 Å². The van der Waals surface area contributed by atoms with Crippen molar-refractivity contribution in [3.05, 3.63) is 54.2 Å². The molecule has 0 saturated heterocycles. The van der Waals surface area contributed by atoms with E-state index in [9.17, 15) is 0 Å². The monoisotopic (exact) mass is 388 g/mol. The molecule has 150 valence electrons. The average molecular weight is 389 g/mol. The Bertz CT molecular complexity index is 993. The maximum Gasteiger partial charge on any atom is 0.229 e. The Morgan fingerprint density at radius 1 is 0.862 bits per heavy atom. The van der Waals surface area contributed by atoms with Gasteiger partial charge in [0, 0.05) is 34.8 Å². The van der Waals surface area contributed by atoms with Crippen LogP contribution in [0, 0.1) is 6.92 Å². The summed E-state index contributed by atoms with van der Waals surface area (Å²) in [5.74, 6) is 1.48. The summed E-state index contributed by atoms with van der Waals surface area (Å²) in [5.41, 5.74) is 6.01. The van der Waals surface area contributed by atoms with Gasteiger partial charge in [-0.05, 0) is 83.1 Å². The molecule has 2 aliphatic heterocycles. The quantitative estimate of drug-likeness (QED) is 0.502. The third-order valence-corrected chi connectivity index (χ3v) is 4.83. The van der Waals surface area contributed by atoms with Gasteiger partial charge in [-0.15, -0.1) is 0 Å². The fraction of sp³-hybridized carbons (Fsp3) is 0.304. The first kappa shape index (κ1) is 19.1. The molecule has 3 N–H and O–H groups in total. The molecule has 29 heavy (non-hydrogen) atoms. The second-order valence-corrected chi connectivity index (χ2v) is 7.97. The molecule has 0 aliphatic carbocycles. The number of aromatic nitrogens is 2. The minimum absolute atomic E-state index is 0.235. The number of rotatable bonds is 5. The van der Waals surface area contributed by atoms with Gasteiger partial charge < -0.3 is 20.9 Å². The van der Waals surface area contributed by atoms with Crippen LogP contribution in [0.15, 0.2) is 48.5 Å². The van der Waals surface area contributed by atoms with Crippen LogP contribution in [-0.2, 0) is 0 Å². The van der Waals surface area contributed by atoms with Gasteiger partial charge >= 0.3 is 0 Å². The number of hydrogen-bond donors (Lipinski definition) is 3. The van der Waals surface area contributed by atoms with Crippen molar-refractivity contribution >= 4 is 40.2 Å². The molecule has 2 aromatic carbocycles. The molecule has 2 aliphatic rings. The lowest BCUT2D eigenvalue weighted by Gasteiger charge is -2.30. The molecular formula is C23H28N6. The Morgan fingerprint density at radius 3 is 2.14 bits per heavy atom. The van der Waals surface area contributed by atoms with E-state index in [2.05, 4.69) is 102 Å². The van der Waals surface area contributed by atoms with Gasteiger partial charge in [0.05, 0.1) is 5.69 Å².